The fourth-order valence-electron chi connectivity index (χ4n) is 4.14. The fraction of sp³-hybridized carbons (Fsp3) is 0.526. The lowest BCUT2D eigenvalue weighted by atomic mass is 9.77. The summed E-state index contributed by atoms with van der Waals surface area (Å²) in [7, 11) is 0. The van der Waals surface area contributed by atoms with Crippen LogP contribution in [0.25, 0.3) is 0 Å². The van der Waals surface area contributed by atoms with Crippen molar-refractivity contribution in [3.05, 3.63) is 40.5 Å². The molecule has 3 heterocycles. The lowest BCUT2D eigenvalue weighted by molar-refractivity contribution is -0.122. The first-order valence-electron chi connectivity index (χ1n) is 9.14. The van der Waals surface area contributed by atoms with Crippen molar-refractivity contribution >= 4 is 23.6 Å². The van der Waals surface area contributed by atoms with Gasteiger partial charge in [-0.25, -0.2) is 4.98 Å². The van der Waals surface area contributed by atoms with Crippen LogP contribution >= 0.6 is 11.3 Å². The van der Waals surface area contributed by atoms with E-state index >= 15 is 0 Å². The van der Waals surface area contributed by atoms with Gasteiger partial charge >= 0.3 is 0 Å². The molecule has 0 amide bonds. The Balaban J connectivity index is 0.000000659. The molecule has 2 aromatic rings. The molecule has 1 saturated carbocycles. The Morgan fingerprint density at radius 1 is 1.33 bits per heavy atom. The van der Waals surface area contributed by atoms with Crippen molar-refractivity contribution in [2.45, 2.75) is 38.5 Å². The standard InChI is InChI=1S/C18H24N4OS.CH2O2/c1-12-2-5-24-17(12)11-22-9-13-6-15(16(23)7-14(13)10-22)21-18-8-19-3-4-20-18;2-1-3/h2-5,8,13-16,23H,6-7,9-11H2,1H3,(H,20,21);1H,(H,2,3)/t13-,14+,15-,16-;/m1./s1. The first-order valence-corrected chi connectivity index (χ1v) is 10.0. The van der Waals surface area contributed by atoms with Crippen molar-refractivity contribution in [2.75, 3.05) is 18.4 Å². The number of aromatic nitrogens is 2. The third-order valence-corrected chi connectivity index (χ3v) is 6.46. The van der Waals surface area contributed by atoms with Crippen molar-refractivity contribution in [2.24, 2.45) is 11.8 Å². The second-order valence-corrected chi connectivity index (χ2v) is 8.23. The predicted octanol–water partition coefficient (Wildman–Crippen LogP) is 2.23. The van der Waals surface area contributed by atoms with Gasteiger partial charge in [0.15, 0.2) is 0 Å². The first kappa shape index (κ1) is 19.7. The van der Waals surface area contributed by atoms with Crippen LogP contribution in [0, 0.1) is 18.8 Å². The lowest BCUT2D eigenvalue weighted by Gasteiger charge is -2.35. The molecular weight excluding hydrogens is 364 g/mol. The number of carbonyl (C=O) groups is 1. The van der Waals surface area contributed by atoms with E-state index in [4.69, 9.17) is 9.90 Å². The number of aliphatic hydroxyl groups is 1. The zero-order valence-electron chi connectivity index (χ0n) is 15.4. The van der Waals surface area contributed by atoms with Crippen molar-refractivity contribution in [3.8, 4) is 0 Å². The minimum absolute atomic E-state index is 0.0753. The van der Waals surface area contributed by atoms with Gasteiger partial charge in [-0.15, -0.1) is 11.3 Å². The van der Waals surface area contributed by atoms with Gasteiger partial charge in [-0.05, 0) is 48.6 Å². The van der Waals surface area contributed by atoms with Crippen LogP contribution in [-0.2, 0) is 11.3 Å². The number of nitrogens with zero attached hydrogens (tertiary/aromatic N) is 3. The SMILES string of the molecule is Cc1ccsc1CN1C[C@H]2C[C@@H](Nc3cnccn3)[C@H](O)C[C@H]2C1.O=CO. The molecule has 0 spiro atoms. The van der Waals surface area contributed by atoms with E-state index in [2.05, 4.69) is 38.6 Å². The van der Waals surface area contributed by atoms with E-state index in [0.29, 0.717) is 11.8 Å². The maximum atomic E-state index is 10.5. The zero-order valence-corrected chi connectivity index (χ0v) is 16.2. The van der Waals surface area contributed by atoms with Gasteiger partial charge in [-0.3, -0.25) is 14.7 Å². The zero-order chi connectivity index (χ0) is 19.2. The number of nitrogens with one attached hydrogen (secondary N) is 1. The molecule has 4 atom stereocenters. The molecule has 1 saturated heterocycles. The summed E-state index contributed by atoms with van der Waals surface area (Å²) in [4.78, 5) is 20.8. The molecule has 0 unspecified atom stereocenters. The summed E-state index contributed by atoms with van der Waals surface area (Å²) in [5, 5.41) is 23.0. The third-order valence-electron chi connectivity index (χ3n) is 5.45. The van der Waals surface area contributed by atoms with E-state index in [9.17, 15) is 5.11 Å². The van der Waals surface area contributed by atoms with Crippen LogP contribution in [0.1, 0.15) is 23.3 Å². The molecule has 2 aliphatic rings. The van der Waals surface area contributed by atoms with Gasteiger partial charge in [0, 0.05) is 36.9 Å². The van der Waals surface area contributed by atoms with Crippen molar-refractivity contribution < 1.29 is 15.0 Å². The van der Waals surface area contributed by atoms with Crippen LogP contribution in [0.3, 0.4) is 0 Å². The number of aliphatic hydroxyl groups excluding tert-OH is 1. The van der Waals surface area contributed by atoms with Crippen molar-refractivity contribution in [1.29, 1.82) is 0 Å². The smallest absolute Gasteiger partial charge is 0.290 e. The Morgan fingerprint density at radius 3 is 2.70 bits per heavy atom. The predicted molar refractivity (Wildman–Crippen MR) is 105 cm³/mol. The van der Waals surface area contributed by atoms with Gasteiger partial charge in [0.1, 0.15) is 5.82 Å². The Kier molecular flexibility index (Phi) is 6.76. The summed E-state index contributed by atoms with van der Waals surface area (Å²) in [6, 6.07) is 2.28. The lowest BCUT2D eigenvalue weighted by Crippen LogP contribution is -2.43. The van der Waals surface area contributed by atoms with Crippen LogP contribution < -0.4 is 5.32 Å². The molecule has 7 nitrogen and oxygen atoms in total. The van der Waals surface area contributed by atoms with E-state index < -0.39 is 0 Å². The molecule has 0 radical (unpaired) electrons. The average molecular weight is 391 g/mol. The third kappa shape index (κ3) is 5.03. The number of hydrogen-bond acceptors (Lipinski definition) is 7. The number of anilines is 1. The maximum Gasteiger partial charge on any atom is 0.290 e. The number of likely N-dealkylation sites (tertiary alicyclic amines) is 1. The highest BCUT2D eigenvalue weighted by Crippen LogP contribution is 2.38. The second kappa shape index (κ2) is 9.25. The van der Waals surface area contributed by atoms with Crippen LogP contribution in [0.4, 0.5) is 5.82 Å². The maximum absolute atomic E-state index is 10.5. The highest BCUT2D eigenvalue weighted by atomic mass is 32.1. The Labute approximate surface area is 163 Å². The normalized spacial score (nSPS) is 27.3. The second-order valence-electron chi connectivity index (χ2n) is 7.23. The number of fused-ring (bicyclic) bond motifs is 1. The Morgan fingerprint density at radius 2 is 2.07 bits per heavy atom. The first-order chi connectivity index (χ1) is 13.1. The van der Waals surface area contributed by atoms with Gasteiger partial charge in [-0.2, -0.15) is 0 Å². The monoisotopic (exact) mass is 390 g/mol. The van der Waals surface area contributed by atoms with E-state index in [-0.39, 0.29) is 18.6 Å². The van der Waals surface area contributed by atoms with Crippen LogP contribution in [0.5, 0.6) is 0 Å². The quantitative estimate of drug-likeness (QED) is 0.689. The summed E-state index contributed by atoms with van der Waals surface area (Å²) < 4.78 is 0. The summed E-state index contributed by atoms with van der Waals surface area (Å²) in [6.45, 7) is 5.23. The van der Waals surface area contributed by atoms with Gasteiger partial charge in [0.05, 0.1) is 18.3 Å². The number of hydrogen-bond donors (Lipinski definition) is 3. The van der Waals surface area contributed by atoms with Gasteiger partial charge < -0.3 is 15.5 Å². The summed E-state index contributed by atoms with van der Waals surface area (Å²) in [5.74, 6) is 2.02. The van der Waals surface area contributed by atoms with Crippen LogP contribution in [0.2, 0.25) is 0 Å². The molecule has 4 rings (SSSR count). The highest BCUT2D eigenvalue weighted by molar-refractivity contribution is 7.10. The van der Waals surface area contributed by atoms with Crippen LogP contribution in [0.15, 0.2) is 30.0 Å². The molecule has 0 bridgehead atoms. The minimum atomic E-state index is -0.309. The van der Waals surface area contributed by atoms with Gasteiger partial charge in [0.2, 0.25) is 0 Å². The highest BCUT2D eigenvalue weighted by Gasteiger charge is 2.41. The van der Waals surface area contributed by atoms with Crippen LogP contribution in [-0.4, -0.2) is 56.8 Å². The molecule has 27 heavy (non-hydrogen) atoms. The fourth-order valence-corrected chi connectivity index (χ4v) is 5.09. The summed E-state index contributed by atoms with van der Waals surface area (Å²) >= 11 is 1.85. The van der Waals surface area contributed by atoms with Gasteiger partial charge in [-0.1, -0.05) is 0 Å². The largest absolute Gasteiger partial charge is 0.483 e. The molecule has 3 N–H and O–H groups in total. The van der Waals surface area contributed by atoms with Crippen molar-refractivity contribution in [3.63, 3.8) is 0 Å². The number of carboxylic acid groups (broad SMARTS) is 1. The topological polar surface area (TPSA) is 98.6 Å². The molecule has 8 heteroatoms. The summed E-state index contributed by atoms with van der Waals surface area (Å²) in [5.41, 5.74) is 1.40. The number of aryl methyl sites for hydroxylation is 1. The molecule has 2 aromatic heterocycles. The average Bonchev–Trinajstić information content (AvgIpc) is 3.23. The number of rotatable bonds is 4. The van der Waals surface area contributed by atoms with E-state index in [1.54, 1.807) is 18.6 Å². The van der Waals surface area contributed by atoms with Gasteiger partial charge in [0.25, 0.3) is 6.47 Å². The molecule has 146 valence electrons. The molecule has 2 fully saturated rings. The van der Waals surface area contributed by atoms with E-state index in [1.165, 1.54) is 10.4 Å². The minimum Gasteiger partial charge on any atom is -0.483 e. The van der Waals surface area contributed by atoms with E-state index in [0.717, 1.165) is 38.3 Å². The summed E-state index contributed by atoms with van der Waals surface area (Å²) in [6.07, 6.45) is 6.64. The Bertz CT molecular complexity index is 727. The molecule has 1 aliphatic carbocycles. The molecular formula is C19H26N4O3S. The van der Waals surface area contributed by atoms with Crippen molar-refractivity contribution in [1.82, 2.24) is 14.9 Å². The molecule has 0 aromatic carbocycles. The number of thiophene rings is 1. The molecule has 1 aliphatic heterocycles. The Hall–Kier alpha value is -2.03. The van der Waals surface area contributed by atoms with E-state index in [1.807, 2.05) is 11.3 Å².